The van der Waals surface area contributed by atoms with E-state index in [9.17, 15) is 14.4 Å². The number of carbonyl (C=O) groups is 3. The van der Waals surface area contributed by atoms with Crippen molar-refractivity contribution in [1.29, 1.82) is 0 Å². The standard InChI is InChI=1S/C16H16N4O3S/c17-13(21)8-11-9-24-16(18-11)19-15(23)10-3-5-12(6-4-10)20-7-1-2-14(20)22/h3-6,9H,1-2,7-8H2,(H2,17,21)(H,18,19,23). The van der Waals surface area contributed by atoms with Crippen LogP contribution in [0.3, 0.4) is 0 Å². The molecule has 0 atom stereocenters. The van der Waals surface area contributed by atoms with Gasteiger partial charge in [0.1, 0.15) is 0 Å². The van der Waals surface area contributed by atoms with Crippen LogP contribution in [-0.2, 0) is 16.0 Å². The van der Waals surface area contributed by atoms with Gasteiger partial charge >= 0.3 is 0 Å². The molecule has 3 N–H and O–H groups in total. The summed E-state index contributed by atoms with van der Waals surface area (Å²) in [4.78, 5) is 40.7. The van der Waals surface area contributed by atoms with Crippen molar-refractivity contribution < 1.29 is 14.4 Å². The SMILES string of the molecule is NC(=O)Cc1csc(NC(=O)c2ccc(N3CCCC3=O)cc2)n1. The highest BCUT2D eigenvalue weighted by Crippen LogP contribution is 2.22. The lowest BCUT2D eigenvalue weighted by atomic mass is 10.2. The van der Waals surface area contributed by atoms with Crippen molar-refractivity contribution in [2.45, 2.75) is 19.3 Å². The molecule has 0 spiro atoms. The van der Waals surface area contributed by atoms with Gasteiger partial charge in [0.2, 0.25) is 11.8 Å². The maximum atomic E-state index is 12.2. The van der Waals surface area contributed by atoms with Gasteiger partial charge < -0.3 is 10.6 Å². The maximum absolute atomic E-state index is 12.2. The van der Waals surface area contributed by atoms with E-state index in [1.165, 1.54) is 11.3 Å². The topological polar surface area (TPSA) is 105 Å². The number of rotatable bonds is 5. The lowest BCUT2D eigenvalue weighted by molar-refractivity contribution is -0.118. The minimum atomic E-state index is -0.467. The Balaban J connectivity index is 1.65. The zero-order valence-corrected chi connectivity index (χ0v) is 13.6. The van der Waals surface area contributed by atoms with Crippen LogP contribution in [0.15, 0.2) is 29.6 Å². The van der Waals surface area contributed by atoms with Gasteiger partial charge in [-0.3, -0.25) is 19.7 Å². The van der Waals surface area contributed by atoms with Crippen LogP contribution in [0.25, 0.3) is 0 Å². The molecular weight excluding hydrogens is 328 g/mol. The first-order valence-corrected chi connectivity index (χ1v) is 8.35. The second-order valence-corrected chi connectivity index (χ2v) is 6.30. The molecule has 0 unspecified atom stereocenters. The van der Waals surface area contributed by atoms with Crippen molar-refractivity contribution in [2.24, 2.45) is 5.73 Å². The first-order chi connectivity index (χ1) is 11.5. The van der Waals surface area contributed by atoms with E-state index >= 15 is 0 Å². The molecule has 1 fully saturated rings. The quantitative estimate of drug-likeness (QED) is 0.858. The van der Waals surface area contributed by atoms with Crippen molar-refractivity contribution >= 4 is 39.9 Å². The van der Waals surface area contributed by atoms with Crippen LogP contribution < -0.4 is 16.0 Å². The Kier molecular flexibility index (Phi) is 4.57. The van der Waals surface area contributed by atoms with Crippen LogP contribution in [0, 0.1) is 0 Å². The lowest BCUT2D eigenvalue weighted by Crippen LogP contribution is -2.23. The third-order valence-electron chi connectivity index (χ3n) is 3.64. The van der Waals surface area contributed by atoms with Gasteiger partial charge in [-0.1, -0.05) is 0 Å². The Hall–Kier alpha value is -2.74. The largest absolute Gasteiger partial charge is 0.369 e. The van der Waals surface area contributed by atoms with E-state index in [2.05, 4.69) is 10.3 Å². The molecule has 124 valence electrons. The third kappa shape index (κ3) is 3.60. The van der Waals surface area contributed by atoms with E-state index in [1.54, 1.807) is 34.5 Å². The fourth-order valence-corrected chi connectivity index (χ4v) is 3.21. The number of nitrogens with one attached hydrogen (secondary N) is 1. The number of thiazole rings is 1. The van der Waals surface area contributed by atoms with E-state index in [-0.39, 0.29) is 18.2 Å². The number of anilines is 2. The summed E-state index contributed by atoms with van der Waals surface area (Å²) in [5.74, 6) is -0.656. The Morgan fingerprint density at radius 1 is 1.29 bits per heavy atom. The highest BCUT2D eigenvalue weighted by molar-refractivity contribution is 7.14. The molecule has 2 aromatic rings. The van der Waals surface area contributed by atoms with Crippen LogP contribution in [0.5, 0.6) is 0 Å². The smallest absolute Gasteiger partial charge is 0.257 e. The average molecular weight is 344 g/mol. The first-order valence-electron chi connectivity index (χ1n) is 7.47. The van der Waals surface area contributed by atoms with Gasteiger partial charge in [-0.15, -0.1) is 11.3 Å². The number of nitrogens with zero attached hydrogens (tertiary/aromatic N) is 2. The Labute approximate surface area is 142 Å². The van der Waals surface area contributed by atoms with Crippen LogP contribution in [0.1, 0.15) is 28.9 Å². The van der Waals surface area contributed by atoms with Crippen LogP contribution in [0.2, 0.25) is 0 Å². The fourth-order valence-electron chi connectivity index (χ4n) is 2.51. The van der Waals surface area contributed by atoms with Crippen molar-refractivity contribution in [3.8, 4) is 0 Å². The highest BCUT2D eigenvalue weighted by atomic mass is 32.1. The predicted octanol–water partition coefficient (Wildman–Crippen LogP) is 1.55. The highest BCUT2D eigenvalue weighted by Gasteiger charge is 2.21. The minimum absolute atomic E-state index is 0.0466. The molecule has 7 nitrogen and oxygen atoms in total. The van der Waals surface area contributed by atoms with Gasteiger partial charge in [0.25, 0.3) is 5.91 Å². The first kappa shape index (κ1) is 16.1. The monoisotopic (exact) mass is 344 g/mol. The van der Waals surface area contributed by atoms with E-state index < -0.39 is 5.91 Å². The van der Waals surface area contributed by atoms with Crippen LogP contribution in [-0.4, -0.2) is 29.3 Å². The fraction of sp³-hybridized carbons (Fsp3) is 0.250. The normalized spacial score (nSPS) is 14.0. The van der Waals surface area contributed by atoms with Crippen LogP contribution >= 0.6 is 11.3 Å². The number of aromatic nitrogens is 1. The Morgan fingerprint density at radius 2 is 2.04 bits per heavy atom. The molecule has 3 rings (SSSR count). The zero-order chi connectivity index (χ0) is 17.1. The summed E-state index contributed by atoms with van der Waals surface area (Å²) in [7, 11) is 0. The number of hydrogen-bond acceptors (Lipinski definition) is 5. The molecule has 24 heavy (non-hydrogen) atoms. The summed E-state index contributed by atoms with van der Waals surface area (Å²) in [6.07, 6.45) is 1.48. The summed E-state index contributed by atoms with van der Waals surface area (Å²) in [5, 5.41) is 4.78. The number of amides is 3. The second kappa shape index (κ2) is 6.79. The molecule has 0 bridgehead atoms. The van der Waals surface area contributed by atoms with Crippen molar-refractivity contribution in [2.75, 3.05) is 16.8 Å². The predicted molar refractivity (Wildman–Crippen MR) is 91.0 cm³/mol. The van der Waals surface area contributed by atoms with Crippen molar-refractivity contribution in [3.05, 3.63) is 40.9 Å². The van der Waals surface area contributed by atoms with Gasteiger partial charge in [0.05, 0.1) is 12.1 Å². The molecule has 0 aliphatic carbocycles. The molecule has 1 aromatic carbocycles. The lowest BCUT2D eigenvalue weighted by Gasteiger charge is -2.15. The second-order valence-electron chi connectivity index (χ2n) is 5.44. The number of primary amides is 1. The minimum Gasteiger partial charge on any atom is -0.369 e. The molecule has 8 heteroatoms. The Bertz CT molecular complexity index is 785. The molecule has 0 saturated carbocycles. The summed E-state index contributed by atoms with van der Waals surface area (Å²) < 4.78 is 0. The van der Waals surface area contributed by atoms with Gasteiger partial charge in [-0.05, 0) is 30.7 Å². The molecule has 1 saturated heterocycles. The average Bonchev–Trinajstić information content (AvgIpc) is 3.16. The molecule has 1 aliphatic rings. The molecule has 3 amide bonds. The number of benzene rings is 1. The molecule has 1 aromatic heterocycles. The number of carbonyl (C=O) groups excluding carboxylic acids is 3. The molecular formula is C16H16N4O3S. The third-order valence-corrected chi connectivity index (χ3v) is 4.45. The molecule has 0 radical (unpaired) electrons. The molecule has 1 aliphatic heterocycles. The number of nitrogens with two attached hydrogens (primary N) is 1. The van der Waals surface area contributed by atoms with Gasteiger partial charge in [-0.25, -0.2) is 4.98 Å². The maximum Gasteiger partial charge on any atom is 0.257 e. The van der Waals surface area contributed by atoms with Gasteiger partial charge in [0.15, 0.2) is 5.13 Å². The summed E-state index contributed by atoms with van der Waals surface area (Å²) in [6, 6.07) is 6.87. The summed E-state index contributed by atoms with van der Waals surface area (Å²) >= 11 is 1.23. The zero-order valence-electron chi connectivity index (χ0n) is 12.8. The number of hydrogen-bond donors (Lipinski definition) is 2. The van der Waals surface area contributed by atoms with Crippen molar-refractivity contribution in [3.63, 3.8) is 0 Å². The van der Waals surface area contributed by atoms with E-state index in [0.717, 1.165) is 12.1 Å². The van der Waals surface area contributed by atoms with E-state index in [4.69, 9.17) is 5.73 Å². The van der Waals surface area contributed by atoms with Gasteiger partial charge in [-0.2, -0.15) is 0 Å². The van der Waals surface area contributed by atoms with E-state index in [1.807, 2.05) is 0 Å². The van der Waals surface area contributed by atoms with Gasteiger partial charge in [0, 0.05) is 29.6 Å². The van der Waals surface area contributed by atoms with Crippen LogP contribution in [0.4, 0.5) is 10.8 Å². The van der Waals surface area contributed by atoms with Crippen molar-refractivity contribution in [1.82, 2.24) is 4.98 Å². The summed E-state index contributed by atoms with van der Waals surface area (Å²) in [6.45, 7) is 0.714. The summed E-state index contributed by atoms with van der Waals surface area (Å²) in [5.41, 5.74) is 6.91. The van der Waals surface area contributed by atoms with E-state index in [0.29, 0.717) is 29.4 Å². The Morgan fingerprint density at radius 3 is 2.67 bits per heavy atom. The molecule has 2 heterocycles.